The standard InChI is InChI=1S/C18H25NO2/c1-3-4-5-7-12-19-18(21)17-11-10-15(2)16(14-17)9-6-8-13-20/h10-11,14,20H,3-5,7-8,12-13H2,1-2H3,(H,19,21). The minimum absolute atomic E-state index is 0.0447. The highest BCUT2D eigenvalue weighted by molar-refractivity contribution is 5.94. The van der Waals surface area contributed by atoms with Crippen LogP contribution in [0.5, 0.6) is 0 Å². The van der Waals surface area contributed by atoms with Crippen LogP contribution < -0.4 is 5.32 Å². The Balaban J connectivity index is 2.60. The molecule has 0 bridgehead atoms. The first-order valence-corrected chi connectivity index (χ1v) is 7.67. The lowest BCUT2D eigenvalue weighted by Crippen LogP contribution is -2.24. The van der Waals surface area contributed by atoms with Crippen LogP contribution in [0.2, 0.25) is 0 Å². The number of aryl methyl sites for hydroxylation is 1. The molecule has 0 radical (unpaired) electrons. The molecule has 0 fully saturated rings. The quantitative estimate of drug-likeness (QED) is 0.598. The number of aliphatic hydroxyl groups excluding tert-OH is 1. The predicted molar refractivity (Wildman–Crippen MR) is 86.2 cm³/mol. The largest absolute Gasteiger partial charge is 0.395 e. The second-order valence-electron chi connectivity index (χ2n) is 5.12. The van der Waals surface area contributed by atoms with E-state index in [0.717, 1.165) is 30.5 Å². The smallest absolute Gasteiger partial charge is 0.251 e. The van der Waals surface area contributed by atoms with Gasteiger partial charge in [-0.3, -0.25) is 4.79 Å². The van der Waals surface area contributed by atoms with Crippen molar-refractivity contribution in [1.82, 2.24) is 5.32 Å². The van der Waals surface area contributed by atoms with Crippen LogP contribution in [0.15, 0.2) is 18.2 Å². The summed E-state index contributed by atoms with van der Waals surface area (Å²) in [5.41, 5.74) is 2.53. The normalized spacial score (nSPS) is 9.86. The van der Waals surface area contributed by atoms with Gasteiger partial charge in [-0.05, 0) is 31.0 Å². The van der Waals surface area contributed by atoms with Crippen LogP contribution >= 0.6 is 0 Å². The maximum Gasteiger partial charge on any atom is 0.251 e. The van der Waals surface area contributed by atoms with Crippen molar-refractivity contribution in [3.8, 4) is 11.8 Å². The van der Waals surface area contributed by atoms with Crippen molar-refractivity contribution in [2.45, 2.75) is 46.0 Å². The first-order valence-electron chi connectivity index (χ1n) is 7.67. The van der Waals surface area contributed by atoms with Gasteiger partial charge >= 0.3 is 0 Å². The van der Waals surface area contributed by atoms with Gasteiger partial charge in [0.15, 0.2) is 0 Å². The number of carbonyl (C=O) groups is 1. The van der Waals surface area contributed by atoms with Crippen LogP contribution in [0.3, 0.4) is 0 Å². The zero-order valence-electron chi connectivity index (χ0n) is 13.0. The molecule has 0 aromatic heterocycles. The fourth-order valence-corrected chi connectivity index (χ4v) is 1.97. The topological polar surface area (TPSA) is 49.3 Å². The minimum atomic E-state index is -0.0447. The molecule has 0 aliphatic rings. The van der Waals surface area contributed by atoms with Crippen molar-refractivity contribution < 1.29 is 9.90 Å². The van der Waals surface area contributed by atoms with Gasteiger partial charge in [0.25, 0.3) is 5.91 Å². The van der Waals surface area contributed by atoms with Gasteiger partial charge in [0, 0.05) is 24.1 Å². The summed E-state index contributed by atoms with van der Waals surface area (Å²) in [5, 5.41) is 11.7. The Morgan fingerprint density at radius 1 is 1.29 bits per heavy atom. The molecule has 3 heteroatoms. The summed E-state index contributed by atoms with van der Waals surface area (Å²) in [6, 6.07) is 5.56. The van der Waals surface area contributed by atoms with E-state index >= 15 is 0 Å². The monoisotopic (exact) mass is 287 g/mol. The highest BCUT2D eigenvalue weighted by Gasteiger charge is 2.06. The molecule has 0 spiro atoms. The summed E-state index contributed by atoms with van der Waals surface area (Å²) in [6.45, 7) is 4.92. The Hall–Kier alpha value is -1.79. The second kappa shape index (κ2) is 10.0. The summed E-state index contributed by atoms with van der Waals surface area (Å²) >= 11 is 0. The molecule has 0 saturated carbocycles. The van der Waals surface area contributed by atoms with Gasteiger partial charge in [-0.2, -0.15) is 0 Å². The molecule has 1 aromatic rings. The van der Waals surface area contributed by atoms with Gasteiger partial charge in [-0.1, -0.05) is 44.1 Å². The average Bonchev–Trinajstić information content (AvgIpc) is 2.49. The van der Waals surface area contributed by atoms with Crippen LogP contribution in [0, 0.1) is 18.8 Å². The second-order valence-corrected chi connectivity index (χ2v) is 5.12. The van der Waals surface area contributed by atoms with Crippen molar-refractivity contribution in [2.75, 3.05) is 13.2 Å². The van der Waals surface area contributed by atoms with Crippen LogP contribution in [-0.2, 0) is 0 Å². The molecule has 0 aliphatic carbocycles. The molecule has 0 atom stereocenters. The van der Waals surface area contributed by atoms with E-state index < -0.39 is 0 Å². The summed E-state index contributed by atoms with van der Waals surface area (Å²) < 4.78 is 0. The van der Waals surface area contributed by atoms with Crippen LogP contribution in [0.25, 0.3) is 0 Å². The summed E-state index contributed by atoms with van der Waals surface area (Å²) in [5.74, 6) is 5.85. The van der Waals surface area contributed by atoms with Crippen LogP contribution in [0.4, 0.5) is 0 Å². The number of benzene rings is 1. The molecule has 0 heterocycles. The molecule has 3 nitrogen and oxygen atoms in total. The molecular formula is C18H25NO2. The van der Waals surface area contributed by atoms with E-state index in [-0.39, 0.29) is 12.5 Å². The van der Waals surface area contributed by atoms with E-state index in [4.69, 9.17) is 5.11 Å². The van der Waals surface area contributed by atoms with Gasteiger partial charge in [-0.15, -0.1) is 0 Å². The average molecular weight is 287 g/mol. The molecule has 1 amide bonds. The zero-order chi connectivity index (χ0) is 15.5. The third-order valence-electron chi connectivity index (χ3n) is 3.28. The van der Waals surface area contributed by atoms with E-state index in [9.17, 15) is 4.79 Å². The molecule has 0 aliphatic heterocycles. The lowest BCUT2D eigenvalue weighted by molar-refractivity contribution is 0.0953. The molecule has 2 N–H and O–H groups in total. The molecule has 1 aromatic carbocycles. The Kier molecular flexibility index (Phi) is 8.23. The number of amides is 1. The van der Waals surface area contributed by atoms with Crippen LogP contribution in [0.1, 0.15) is 60.5 Å². The maximum absolute atomic E-state index is 12.1. The van der Waals surface area contributed by atoms with Crippen LogP contribution in [-0.4, -0.2) is 24.2 Å². The molecule has 1 rings (SSSR count). The molecule has 21 heavy (non-hydrogen) atoms. The van der Waals surface area contributed by atoms with E-state index in [1.54, 1.807) is 0 Å². The highest BCUT2D eigenvalue weighted by atomic mass is 16.2. The lowest BCUT2D eigenvalue weighted by Gasteiger charge is -2.06. The maximum atomic E-state index is 12.1. The Labute approximate surface area is 127 Å². The zero-order valence-corrected chi connectivity index (χ0v) is 13.0. The van der Waals surface area contributed by atoms with E-state index in [0.29, 0.717) is 12.0 Å². The Morgan fingerprint density at radius 2 is 2.10 bits per heavy atom. The van der Waals surface area contributed by atoms with Gasteiger partial charge in [0.2, 0.25) is 0 Å². The van der Waals surface area contributed by atoms with Gasteiger partial charge < -0.3 is 10.4 Å². The predicted octanol–water partition coefficient (Wildman–Crippen LogP) is 3.04. The lowest BCUT2D eigenvalue weighted by atomic mass is 10.0. The highest BCUT2D eigenvalue weighted by Crippen LogP contribution is 2.10. The first-order chi connectivity index (χ1) is 10.2. The first kappa shape index (κ1) is 17.3. The number of rotatable bonds is 7. The summed E-state index contributed by atoms with van der Waals surface area (Å²) in [6.07, 6.45) is 5.04. The fourth-order valence-electron chi connectivity index (χ4n) is 1.97. The SMILES string of the molecule is CCCCCCNC(=O)c1ccc(C)c(C#CCCO)c1. The van der Waals surface area contributed by atoms with Gasteiger partial charge in [-0.25, -0.2) is 0 Å². The molecule has 0 unspecified atom stereocenters. The van der Waals surface area contributed by atoms with Crippen molar-refractivity contribution in [1.29, 1.82) is 0 Å². The van der Waals surface area contributed by atoms with Crippen molar-refractivity contribution in [2.24, 2.45) is 0 Å². The van der Waals surface area contributed by atoms with E-state index in [1.165, 1.54) is 12.8 Å². The molecular weight excluding hydrogens is 262 g/mol. The van der Waals surface area contributed by atoms with Crippen molar-refractivity contribution >= 4 is 5.91 Å². The minimum Gasteiger partial charge on any atom is -0.395 e. The van der Waals surface area contributed by atoms with Crippen molar-refractivity contribution in [3.05, 3.63) is 34.9 Å². The number of unbranched alkanes of at least 4 members (excludes halogenated alkanes) is 3. The van der Waals surface area contributed by atoms with Crippen molar-refractivity contribution in [3.63, 3.8) is 0 Å². The Bertz CT molecular complexity index is 512. The van der Waals surface area contributed by atoms with Gasteiger partial charge in [0.05, 0.1) is 6.61 Å². The number of carbonyl (C=O) groups excluding carboxylic acids is 1. The number of hydrogen-bond donors (Lipinski definition) is 2. The number of aliphatic hydroxyl groups is 1. The summed E-state index contributed by atoms with van der Waals surface area (Å²) in [7, 11) is 0. The van der Waals surface area contributed by atoms with E-state index in [2.05, 4.69) is 24.1 Å². The third-order valence-corrected chi connectivity index (χ3v) is 3.28. The van der Waals surface area contributed by atoms with Gasteiger partial charge in [0.1, 0.15) is 0 Å². The third kappa shape index (κ3) is 6.46. The molecule has 114 valence electrons. The Morgan fingerprint density at radius 3 is 2.81 bits per heavy atom. The summed E-state index contributed by atoms with van der Waals surface area (Å²) in [4.78, 5) is 12.1. The molecule has 0 saturated heterocycles. The number of hydrogen-bond acceptors (Lipinski definition) is 2. The van der Waals surface area contributed by atoms with E-state index in [1.807, 2.05) is 25.1 Å². The fraction of sp³-hybridized carbons (Fsp3) is 0.500. The number of nitrogens with one attached hydrogen (secondary N) is 1.